The Morgan fingerprint density at radius 1 is 1.45 bits per heavy atom. The van der Waals surface area contributed by atoms with E-state index in [0.29, 0.717) is 24.4 Å². The Kier molecular flexibility index (Phi) is 4.46. The first-order valence-corrected chi connectivity index (χ1v) is 6.62. The molecule has 0 amide bonds. The van der Waals surface area contributed by atoms with E-state index in [4.69, 9.17) is 14.7 Å². The molecule has 1 fully saturated rings. The van der Waals surface area contributed by atoms with E-state index in [1.54, 1.807) is 19.2 Å². The normalized spacial score (nSPS) is 25.6. The van der Waals surface area contributed by atoms with Gasteiger partial charge in [-0.1, -0.05) is 6.92 Å². The summed E-state index contributed by atoms with van der Waals surface area (Å²) in [7, 11) is 3.16. The molecule has 108 valence electrons. The predicted molar refractivity (Wildman–Crippen MR) is 74.3 cm³/mol. The fraction of sp³-hybridized carbons (Fsp3) is 0.533. The third-order valence-electron chi connectivity index (χ3n) is 4.04. The van der Waals surface area contributed by atoms with Crippen LogP contribution in [0.5, 0.6) is 5.75 Å². The maximum Gasteiger partial charge on any atom is 0.150 e. The summed E-state index contributed by atoms with van der Waals surface area (Å²) in [5.41, 5.74) is 0.498. The number of ether oxygens (including phenoxy) is 2. The van der Waals surface area contributed by atoms with Gasteiger partial charge >= 0.3 is 0 Å². The second-order valence-corrected chi connectivity index (χ2v) is 5.03. The molecule has 1 heterocycles. The lowest BCUT2D eigenvalue weighted by molar-refractivity contribution is 0.0839. The van der Waals surface area contributed by atoms with E-state index in [-0.39, 0.29) is 23.9 Å². The quantitative estimate of drug-likeness (QED) is 0.849. The van der Waals surface area contributed by atoms with Crippen LogP contribution in [0.15, 0.2) is 18.2 Å². The predicted octanol–water partition coefficient (Wildman–Crippen LogP) is 2.59. The summed E-state index contributed by atoms with van der Waals surface area (Å²) in [6.45, 7) is 2.63. The standard InChI is InChI=1S/C15H19FN2O2/c1-10-13(6-7-17)18(9-15(10)20-3)14-5-4-11(19-2)8-12(14)16/h4-5,8,10,13,15H,6,9H2,1-3H3/t10-,13-,15-/m0/s1. The second-order valence-electron chi connectivity index (χ2n) is 5.03. The fourth-order valence-corrected chi connectivity index (χ4v) is 2.83. The van der Waals surface area contributed by atoms with Gasteiger partial charge < -0.3 is 14.4 Å². The monoisotopic (exact) mass is 278 g/mol. The number of methoxy groups -OCH3 is 2. The third kappa shape index (κ3) is 2.56. The summed E-state index contributed by atoms with van der Waals surface area (Å²) in [6.07, 6.45) is 0.363. The third-order valence-corrected chi connectivity index (χ3v) is 4.04. The number of anilines is 1. The maximum atomic E-state index is 14.2. The molecule has 1 aromatic rings. The van der Waals surface area contributed by atoms with E-state index in [0.717, 1.165) is 0 Å². The summed E-state index contributed by atoms with van der Waals surface area (Å²) in [4.78, 5) is 1.93. The average molecular weight is 278 g/mol. The van der Waals surface area contributed by atoms with E-state index in [9.17, 15) is 4.39 Å². The van der Waals surface area contributed by atoms with Gasteiger partial charge in [0.1, 0.15) is 11.6 Å². The van der Waals surface area contributed by atoms with Gasteiger partial charge in [0.05, 0.1) is 31.4 Å². The molecule has 0 N–H and O–H groups in total. The summed E-state index contributed by atoms with van der Waals surface area (Å²) < 4.78 is 24.7. The number of hydrogen-bond donors (Lipinski definition) is 0. The molecule has 0 aromatic heterocycles. The zero-order valence-corrected chi connectivity index (χ0v) is 12.0. The minimum atomic E-state index is -0.337. The van der Waals surface area contributed by atoms with Crippen molar-refractivity contribution in [2.75, 3.05) is 25.7 Å². The Bertz CT molecular complexity index is 515. The van der Waals surface area contributed by atoms with Gasteiger partial charge in [-0.3, -0.25) is 0 Å². The van der Waals surface area contributed by atoms with Crippen molar-refractivity contribution in [2.45, 2.75) is 25.5 Å². The summed E-state index contributed by atoms with van der Waals surface area (Å²) in [5, 5.41) is 8.99. The summed E-state index contributed by atoms with van der Waals surface area (Å²) in [5.74, 6) is 0.330. The van der Waals surface area contributed by atoms with Gasteiger partial charge in [-0.05, 0) is 12.1 Å². The maximum absolute atomic E-state index is 14.2. The molecule has 1 aliphatic heterocycles. The highest BCUT2D eigenvalue weighted by Gasteiger charge is 2.39. The molecule has 1 saturated heterocycles. The van der Waals surface area contributed by atoms with E-state index in [2.05, 4.69) is 6.07 Å². The molecule has 0 aliphatic carbocycles. The lowest BCUT2D eigenvalue weighted by Gasteiger charge is -2.27. The Morgan fingerprint density at radius 2 is 2.20 bits per heavy atom. The SMILES string of the molecule is COc1ccc(N2C[C@H](OC)[C@@H](C)[C@@H]2CC#N)c(F)c1. The van der Waals surface area contributed by atoms with Crippen LogP contribution in [-0.2, 0) is 4.74 Å². The molecule has 0 saturated carbocycles. The van der Waals surface area contributed by atoms with Crippen molar-refractivity contribution in [1.29, 1.82) is 5.26 Å². The lowest BCUT2D eigenvalue weighted by atomic mass is 9.98. The first-order valence-electron chi connectivity index (χ1n) is 6.62. The van der Waals surface area contributed by atoms with Crippen LogP contribution < -0.4 is 9.64 Å². The topological polar surface area (TPSA) is 45.5 Å². The van der Waals surface area contributed by atoms with E-state index >= 15 is 0 Å². The molecule has 2 rings (SSSR count). The van der Waals surface area contributed by atoms with Crippen LogP contribution in [0.25, 0.3) is 0 Å². The number of benzene rings is 1. The van der Waals surface area contributed by atoms with Crippen molar-refractivity contribution in [3.05, 3.63) is 24.0 Å². The van der Waals surface area contributed by atoms with Crippen LogP contribution in [0.2, 0.25) is 0 Å². The Labute approximate surface area is 118 Å². The van der Waals surface area contributed by atoms with Crippen molar-refractivity contribution >= 4 is 5.69 Å². The zero-order chi connectivity index (χ0) is 14.7. The molecule has 20 heavy (non-hydrogen) atoms. The number of nitrogens with zero attached hydrogens (tertiary/aromatic N) is 2. The highest BCUT2D eigenvalue weighted by molar-refractivity contribution is 5.53. The number of halogens is 1. The lowest BCUT2D eigenvalue weighted by Crippen LogP contribution is -2.32. The highest BCUT2D eigenvalue weighted by atomic mass is 19.1. The summed E-state index contributed by atoms with van der Waals surface area (Å²) in [6, 6.07) is 6.94. The summed E-state index contributed by atoms with van der Waals surface area (Å²) >= 11 is 0. The molecule has 1 aliphatic rings. The van der Waals surface area contributed by atoms with Crippen molar-refractivity contribution < 1.29 is 13.9 Å². The van der Waals surface area contributed by atoms with Crippen molar-refractivity contribution in [1.82, 2.24) is 0 Å². The second kappa shape index (κ2) is 6.10. The highest BCUT2D eigenvalue weighted by Crippen LogP contribution is 2.35. The molecule has 0 radical (unpaired) electrons. The van der Waals surface area contributed by atoms with Crippen LogP contribution in [0.3, 0.4) is 0 Å². The van der Waals surface area contributed by atoms with Crippen LogP contribution in [0, 0.1) is 23.1 Å². The van der Waals surface area contributed by atoms with E-state index in [1.807, 2.05) is 11.8 Å². The van der Waals surface area contributed by atoms with E-state index < -0.39 is 0 Å². The Morgan fingerprint density at radius 3 is 2.75 bits per heavy atom. The average Bonchev–Trinajstić information content (AvgIpc) is 2.76. The molecule has 1 aromatic carbocycles. The smallest absolute Gasteiger partial charge is 0.150 e. The minimum absolute atomic E-state index is 0.00912. The van der Waals surface area contributed by atoms with Crippen molar-refractivity contribution in [3.63, 3.8) is 0 Å². The van der Waals surface area contributed by atoms with Gasteiger partial charge in [0.2, 0.25) is 0 Å². The largest absolute Gasteiger partial charge is 0.497 e. The zero-order valence-electron chi connectivity index (χ0n) is 12.0. The molecular weight excluding hydrogens is 259 g/mol. The van der Waals surface area contributed by atoms with Gasteiger partial charge in [-0.2, -0.15) is 5.26 Å². The van der Waals surface area contributed by atoms with E-state index in [1.165, 1.54) is 13.2 Å². The van der Waals surface area contributed by atoms with Gasteiger partial charge in [-0.25, -0.2) is 4.39 Å². The fourth-order valence-electron chi connectivity index (χ4n) is 2.83. The van der Waals surface area contributed by atoms with Crippen LogP contribution in [0.1, 0.15) is 13.3 Å². The Balaban J connectivity index is 2.32. The molecule has 5 heteroatoms. The number of rotatable bonds is 4. The van der Waals surface area contributed by atoms with Gasteiger partial charge in [-0.15, -0.1) is 0 Å². The molecule has 0 spiro atoms. The Hall–Kier alpha value is -1.80. The van der Waals surface area contributed by atoms with Crippen molar-refractivity contribution in [2.24, 2.45) is 5.92 Å². The molecule has 3 atom stereocenters. The number of nitriles is 1. The molecule has 4 nitrogen and oxygen atoms in total. The van der Waals surface area contributed by atoms with Gasteiger partial charge in [0, 0.05) is 31.7 Å². The minimum Gasteiger partial charge on any atom is -0.497 e. The first-order chi connectivity index (χ1) is 9.62. The van der Waals surface area contributed by atoms with Crippen LogP contribution in [-0.4, -0.2) is 32.9 Å². The van der Waals surface area contributed by atoms with Crippen molar-refractivity contribution in [3.8, 4) is 11.8 Å². The first kappa shape index (κ1) is 14.6. The molecular formula is C15H19FN2O2. The molecule has 0 bridgehead atoms. The van der Waals surface area contributed by atoms with Gasteiger partial charge in [0.25, 0.3) is 0 Å². The van der Waals surface area contributed by atoms with Crippen LogP contribution in [0.4, 0.5) is 10.1 Å². The molecule has 0 unspecified atom stereocenters. The van der Waals surface area contributed by atoms with Gasteiger partial charge in [0.15, 0.2) is 0 Å². The number of hydrogen-bond acceptors (Lipinski definition) is 4. The van der Waals surface area contributed by atoms with Crippen LogP contribution >= 0.6 is 0 Å².